The lowest BCUT2D eigenvalue weighted by Crippen LogP contribution is -2.19. The monoisotopic (exact) mass is 256 g/mol. The van der Waals surface area contributed by atoms with Crippen molar-refractivity contribution in [3.63, 3.8) is 0 Å². The molecule has 1 saturated carbocycles. The van der Waals surface area contributed by atoms with Crippen molar-refractivity contribution >= 4 is 0 Å². The Morgan fingerprint density at radius 2 is 1.89 bits per heavy atom. The largest absolute Gasteiger partial charge is 0.489 e. The third-order valence-corrected chi connectivity index (χ3v) is 4.70. The van der Waals surface area contributed by atoms with Crippen LogP contribution in [-0.4, -0.2) is 6.61 Å². The van der Waals surface area contributed by atoms with Crippen molar-refractivity contribution in [1.29, 1.82) is 0 Å². The van der Waals surface area contributed by atoms with Crippen molar-refractivity contribution in [2.75, 3.05) is 6.61 Å². The van der Waals surface area contributed by atoms with Gasteiger partial charge in [0.1, 0.15) is 12.4 Å². The molecule has 0 amide bonds. The molecule has 1 aromatic rings. The molecule has 0 atom stereocenters. The highest BCUT2D eigenvalue weighted by atomic mass is 16.5. The molecule has 3 rings (SSSR count). The Hall–Kier alpha value is -1.24. The van der Waals surface area contributed by atoms with Gasteiger partial charge in [0, 0.05) is 0 Å². The molecular formula is C18H24O. The maximum absolute atomic E-state index is 5.96. The molecule has 2 aliphatic carbocycles. The molecule has 1 heteroatoms. The van der Waals surface area contributed by atoms with Gasteiger partial charge in [-0.25, -0.2) is 0 Å². The van der Waals surface area contributed by atoms with Crippen LogP contribution in [0, 0.1) is 12.3 Å². The Labute approximate surface area is 116 Å². The normalized spacial score (nSPS) is 21.4. The summed E-state index contributed by atoms with van der Waals surface area (Å²) in [6.07, 6.45) is 12.2. The van der Waals surface area contributed by atoms with Crippen molar-refractivity contribution in [3.05, 3.63) is 41.5 Å². The van der Waals surface area contributed by atoms with E-state index in [0.717, 1.165) is 12.4 Å². The number of aryl methyl sites for hydroxylation is 1. The Bertz CT molecular complexity index is 466. The van der Waals surface area contributed by atoms with E-state index in [2.05, 4.69) is 37.3 Å². The van der Waals surface area contributed by atoms with Gasteiger partial charge in [0.15, 0.2) is 0 Å². The molecule has 1 fully saturated rings. The van der Waals surface area contributed by atoms with Crippen LogP contribution < -0.4 is 4.74 Å². The molecule has 0 radical (unpaired) electrons. The lowest BCUT2D eigenvalue weighted by Gasteiger charge is -2.31. The predicted octanol–water partition coefficient (Wildman–Crippen LogP) is 5.04. The molecular weight excluding hydrogens is 232 g/mol. The summed E-state index contributed by atoms with van der Waals surface area (Å²) < 4.78 is 5.96. The Kier molecular flexibility index (Phi) is 3.63. The van der Waals surface area contributed by atoms with E-state index in [1.54, 1.807) is 0 Å². The van der Waals surface area contributed by atoms with Gasteiger partial charge in [0.25, 0.3) is 0 Å². The average Bonchev–Trinajstić information content (AvgIpc) is 2.85. The summed E-state index contributed by atoms with van der Waals surface area (Å²) in [5.74, 6) is 1.01. The van der Waals surface area contributed by atoms with E-state index < -0.39 is 0 Å². The van der Waals surface area contributed by atoms with E-state index in [4.69, 9.17) is 4.74 Å². The second-order valence-electron chi connectivity index (χ2n) is 6.33. The molecule has 0 bridgehead atoms. The summed E-state index contributed by atoms with van der Waals surface area (Å²) in [5, 5.41) is 0. The van der Waals surface area contributed by atoms with Crippen LogP contribution >= 0.6 is 0 Å². The maximum atomic E-state index is 5.96. The van der Waals surface area contributed by atoms with Crippen LogP contribution in [0.1, 0.15) is 50.5 Å². The highest BCUT2D eigenvalue weighted by molar-refractivity contribution is 5.28. The fourth-order valence-corrected chi connectivity index (χ4v) is 3.71. The van der Waals surface area contributed by atoms with Gasteiger partial charge in [-0.3, -0.25) is 0 Å². The first kappa shape index (κ1) is 12.8. The maximum Gasteiger partial charge on any atom is 0.120 e. The van der Waals surface area contributed by atoms with Crippen LogP contribution in [0.25, 0.3) is 0 Å². The van der Waals surface area contributed by atoms with Gasteiger partial charge in [-0.15, -0.1) is 0 Å². The Balaban J connectivity index is 1.64. The highest BCUT2D eigenvalue weighted by Gasteiger charge is 2.33. The molecule has 1 aromatic carbocycles. The van der Waals surface area contributed by atoms with Crippen molar-refractivity contribution in [3.8, 4) is 5.75 Å². The number of hydrogen-bond acceptors (Lipinski definition) is 1. The minimum Gasteiger partial charge on any atom is -0.489 e. The number of ether oxygens (including phenoxy) is 1. The van der Waals surface area contributed by atoms with E-state index in [1.165, 1.54) is 56.1 Å². The molecule has 0 aliphatic heterocycles. The Morgan fingerprint density at radius 1 is 1.11 bits per heavy atom. The van der Waals surface area contributed by atoms with E-state index in [-0.39, 0.29) is 0 Å². The van der Waals surface area contributed by atoms with Crippen molar-refractivity contribution in [2.24, 2.45) is 5.41 Å². The molecule has 0 heterocycles. The van der Waals surface area contributed by atoms with Gasteiger partial charge in [-0.1, -0.05) is 31.1 Å². The van der Waals surface area contributed by atoms with Crippen LogP contribution in [-0.2, 0) is 0 Å². The number of allylic oxidation sites excluding steroid dienone is 1. The van der Waals surface area contributed by atoms with Gasteiger partial charge in [0.2, 0.25) is 0 Å². The van der Waals surface area contributed by atoms with Crippen LogP contribution in [0.5, 0.6) is 5.75 Å². The highest BCUT2D eigenvalue weighted by Crippen LogP contribution is 2.47. The molecule has 1 nitrogen and oxygen atoms in total. The van der Waals surface area contributed by atoms with Crippen molar-refractivity contribution < 1.29 is 4.74 Å². The first-order chi connectivity index (χ1) is 9.26. The van der Waals surface area contributed by atoms with E-state index in [1.807, 2.05) is 0 Å². The molecule has 102 valence electrons. The van der Waals surface area contributed by atoms with Gasteiger partial charge < -0.3 is 4.74 Å². The van der Waals surface area contributed by atoms with Gasteiger partial charge >= 0.3 is 0 Å². The van der Waals surface area contributed by atoms with Crippen molar-refractivity contribution in [1.82, 2.24) is 0 Å². The Morgan fingerprint density at radius 3 is 2.68 bits per heavy atom. The van der Waals surface area contributed by atoms with Gasteiger partial charge in [-0.2, -0.15) is 0 Å². The summed E-state index contributed by atoms with van der Waals surface area (Å²) in [6, 6.07) is 8.36. The number of benzene rings is 1. The second-order valence-corrected chi connectivity index (χ2v) is 6.33. The summed E-state index contributed by atoms with van der Waals surface area (Å²) in [4.78, 5) is 0. The minimum atomic E-state index is 0.545. The topological polar surface area (TPSA) is 9.23 Å². The number of hydrogen-bond donors (Lipinski definition) is 0. The summed E-state index contributed by atoms with van der Waals surface area (Å²) in [7, 11) is 0. The predicted molar refractivity (Wildman–Crippen MR) is 79.5 cm³/mol. The third-order valence-electron chi connectivity index (χ3n) is 4.70. The molecule has 0 saturated heterocycles. The molecule has 0 aromatic heterocycles. The lowest BCUT2D eigenvalue weighted by atomic mass is 9.75. The third kappa shape index (κ3) is 3.02. The zero-order valence-electron chi connectivity index (χ0n) is 12.0. The SMILES string of the molecule is Cc1cccc(OCC2=CC3(CCCC3)CCC2)c1. The van der Waals surface area contributed by atoms with Crippen LogP contribution in [0.15, 0.2) is 35.9 Å². The fourth-order valence-electron chi connectivity index (χ4n) is 3.71. The van der Waals surface area contributed by atoms with E-state index in [0.29, 0.717) is 5.41 Å². The summed E-state index contributed by atoms with van der Waals surface area (Å²) in [6.45, 7) is 2.89. The first-order valence-corrected chi connectivity index (χ1v) is 7.66. The minimum absolute atomic E-state index is 0.545. The average molecular weight is 256 g/mol. The van der Waals surface area contributed by atoms with Crippen molar-refractivity contribution in [2.45, 2.75) is 51.9 Å². The molecule has 0 N–H and O–H groups in total. The quantitative estimate of drug-likeness (QED) is 0.688. The molecule has 1 spiro atoms. The second kappa shape index (κ2) is 5.40. The molecule has 2 aliphatic rings. The fraction of sp³-hybridized carbons (Fsp3) is 0.556. The lowest BCUT2D eigenvalue weighted by molar-refractivity contribution is 0.300. The van der Waals surface area contributed by atoms with Gasteiger partial charge in [-0.05, 0) is 67.7 Å². The van der Waals surface area contributed by atoms with E-state index in [9.17, 15) is 0 Å². The molecule has 0 unspecified atom stereocenters. The van der Waals surface area contributed by atoms with E-state index >= 15 is 0 Å². The smallest absolute Gasteiger partial charge is 0.120 e. The summed E-state index contributed by atoms with van der Waals surface area (Å²) >= 11 is 0. The molecule has 19 heavy (non-hydrogen) atoms. The van der Waals surface area contributed by atoms with Crippen LogP contribution in [0.2, 0.25) is 0 Å². The zero-order chi connectivity index (χ0) is 13.1. The van der Waals surface area contributed by atoms with Gasteiger partial charge in [0.05, 0.1) is 0 Å². The number of rotatable bonds is 3. The standard InChI is InChI=1S/C18H24O/c1-15-6-4-8-17(12-15)19-14-16-7-5-11-18(13-16)9-2-3-10-18/h4,6,8,12-13H,2-3,5,7,9-11,14H2,1H3. The van der Waals surface area contributed by atoms with Crippen LogP contribution in [0.4, 0.5) is 0 Å². The zero-order valence-corrected chi connectivity index (χ0v) is 12.0. The summed E-state index contributed by atoms with van der Waals surface area (Å²) in [5.41, 5.74) is 3.33. The van der Waals surface area contributed by atoms with Crippen LogP contribution in [0.3, 0.4) is 0 Å². The first-order valence-electron chi connectivity index (χ1n) is 7.66.